The average Bonchev–Trinajstić information content (AvgIpc) is 2.93. The summed E-state index contributed by atoms with van der Waals surface area (Å²) in [5, 5.41) is 22.6. The molecule has 9 nitrogen and oxygen atoms in total. The van der Waals surface area contributed by atoms with E-state index in [2.05, 4.69) is 15.1 Å². The van der Waals surface area contributed by atoms with Crippen LogP contribution in [0.15, 0.2) is 29.8 Å². The van der Waals surface area contributed by atoms with Crippen molar-refractivity contribution >= 4 is 11.5 Å². The first-order chi connectivity index (χ1) is 9.58. The maximum absolute atomic E-state index is 11.2. The van der Waals surface area contributed by atoms with Crippen molar-refractivity contribution in [1.29, 1.82) is 0 Å². The first-order valence-corrected chi connectivity index (χ1v) is 5.73. The van der Waals surface area contributed by atoms with E-state index in [9.17, 15) is 10.1 Å². The number of rotatable bonds is 4. The summed E-state index contributed by atoms with van der Waals surface area (Å²) in [7, 11) is 0. The minimum atomic E-state index is -0.573. The molecule has 3 N–H and O–H groups in total. The molecule has 0 aliphatic carbocycles. The Bertz CT molecular complexity index is 679. The number of amidine groups is 1. The first-order valence-electron chi connectivity index (χ1n) is 5.73. The second-order valence-electron chi connectivity index (χ2n) is 3.88. The fraction of sp³-hybridized carbons (Fsp3) is 0.182. The third-order valence-electron chi connectivity index (χ3n) is 2.71. The van der Waals surface area contributed by atoms with Gasteiger partial charge in [-0.2, -0.15) is 0 Å². The second kappa shape index (κ2) is 5.34. The van der Waals surface area contributed by atoms with E-state index >= 15 is 0 Å². The highest BCUT2D eigenvalue weighted by molar-refractivity contribution is 5.97. The van der Waals surface area contributed by atoms with Gasteiger partial charge in [0, 0.05) is 36.6 Å². The molecular weight excluding hydrogens is 264 g/mol. The molecule has 104 valence electrons. The summed E-state index contributed by atoms with van der Waals surface area (Å²) in [6.45, 7) is 1.88. The van der Waals surface area contributed by atoms with Crippen molar-refractivity contribution in [2.45, 2.75) is 13.3 Å². The molecule has 0 radical (unpaired) electrons. The zero-order chi connectivity index (χ0) is 14.7. The molecule has 0 atom stereocenters. The number of aromatic nitrogens is 3. The molecule has 0 aliphatic heterocycles. The lowest BCUT2D eigenvalue weighted by Crippen LogP contribution is -2.15. The van der Waals surface area contributed by atoms with Crippen molar-refractivity contribution in [2.75, 3.05) is 0 Å². The zero-order valence-corrected chi connectivity index (χ0v) is 10.6. The molecule has 0 bridgehead atoms. The summed E-state index contributed by atoms with van der Waals surface area (Å²) in [5.41, 5.74) is 5.33. The lowest BCUT2D eigenvalue weighted by atomic mass is 10.2. The molecule has 2 rings (SSSR count). The van der Waals surface area contributed by atoms with Gasteiger partial charge in [-0.25, -0.2) is 9.97 Å². The molecule has 2 aromatic rings. The highest BCUT2D eigenvalue weighted by Crippen LogP contribution is 2.23. The van der Waals surface area contributed by atoms with Gasteiger partial charge in [0.2, 0.25) is 5.82 Å². The number of hydrogen-bond donors (Lipinski definition) is 2. The van der Waals surface area contributed by atoms with Crippen LogP contribution in [0.5, 0.6) is 0 Å². The van der Waals surface area contributed by atoms with E-state index in [-0.39, 0.29) is 22.9 Å². The Morgan fingerprint density at radius 3 is 2.95 bits per heavy atom. The van der Waals surface area contributed by atoms with Gasteiger partial charge in [0.05, 0.1) is 4.92 Å². The minimum absolute atomic E-state index is 0.138. The highest BCUT2D eigenvalue weighted by atomic mass is 16.6. The molecule has 0 saturated heterocycles. The van der Waals surface area contributed by atoms with Crippen LogP contribution in [-0.4, -0.2) is 30.5 Å². The number of nitrogens with two attached hydrogens (primary N) is 1. The Labute approximate surface area is 113 Å². The van der Waals surface area contributed by atoms with Gasteiger partial charge in [-0.1, -0.05) is 12.1 Å². The van der Waals surface area contributed by atoms with E-state index in [1.807, 2.05) is 6.92 Å². The van der Waals surface area contributed by atoms with Crippen molar-refractivity contribution in [3.63, 3.8) is 0 Å². The van der Waals surface area contributed by atoms with E-state index in [0.29, 0.717) is 12.2 Å². The van der Waals surface area contributed by atoms with Crippen LogP contribution in [-0.2, 0) is 6.42 Å². The zero-order valence-electron chi connectivity index (χ0n) is 10.6. The van der Waals surface area contributed by atoms with E-state index in [1.54, 1.807) is 12.4 Å². The molecule has 9 heteroatoms. The van der Waals surface area contributed by atoms with Gasteiger partial charge in [0.1, 0.15) is 5.82 Å². The molecule has 2 heterocycles. The first kappa shape index (κ1) is 13.5. The minimum Gasteiger partial charge on any atom is -0.409 e. The topological polar surface area (TPSA) is 132 Å². The fourth-order valence-electron chi connectivity index (χ4n) is 1.75. The number of hydrogen-bond acceptors (Lipinski definition) is 6. The third-order valence-corrected chi connectivity index (χ3v) is 2.71. The van der Waals surface area contributed by atoms with Crippen LogP contribution in [0.1, 0.15) is 18.3 Å². The molecule has 0 amide bonds. The molecule has 0 aliphatic rings. The van der Waals surface area contributed by atoms with Gasteiger partial charge in [0.15, 0.2) is 5.84 Å². The van der Waals surface area contributed by atoms with Crippen LogP contribution < -0.4 is 5.73 Å². The predicted molar refractivity (Wildman–Crippen MR) is 69.9 cm³/mol. The van der Waals surface area contributed by atoms with Gasteiger partial charge in [-0.15, -0.1) is 0 Å². The second-order valence-corrected chi connectivity index (χ2v) is 3.88. The van der Waals surface area contributed by atoms with Crippen LogP contribution in [0.2, 0.25) is 0 Å². The van der Waals surface area contributed by atoms with Gasteiger partial charge in [0.25, 0.3) is 0 Å². The summed E-state index contributed by atoms with van der Waals surface area (Å²) in [5.74, 6) is 0.546. The molecule has 0 aromatic carbocycles. The Balaban J connectivity index is 2.62. The standard InChI is InChI=1S/C11H12N6O3/c1-2-9-13-3-4-16(9)11-8(17(19)20)5-7(6-14-11)10(12)15-18/h3-6,18H,2H2,1H3,(H2,12,15). The molecule has 0 unspecified atom stereocenters. The summed E-state index contributed by atoms with van der Waals surface area (Å²) < 4.78 is 1.54. The number of nitro groups is 1. The van der Waals surface area contributed by atoms with Gasteiger partial charge in [-0.05, 0) is 0 Å². The number of imidazole rings is 1. The Kier molecular flexibility index (Phi) is 3.60. The van der Waals surface area contributed by atoms with Crippen LogP contribution in [0.3, 0.4) is 0 Å². The summed E-state index contributed by atoms with van der Waals surface area (Å²) >= 11 is 0. The number of aryl methyl sites for hydroxylation is 1. The molecular formula is C11H12N6O3. The maximum Gasteiger partial charge on any atom is 0.313 e. The monoisotopic (exact) mass is 276 g/mol. The number of oxime groups is 1. The van der Waals surface area contributed by atoms with Crippen molar-refractivity contribution < 1.29 is 10.1 Å². The molecule has 0 spiro atoms. The summed E-state index contributed by atoms with van der Waals surface area (Å²) in [6.07, 6.45) is 5.05. The van der Waals surface area contributed by atoms with E-state index in [0.717, 1.165) is 0 Å². The Hall–Kier alpha value is -2.97. The number of pyridine rings is 1. The smallest absolute Gasteiger partial charge is 0.313 e. The highest BCUT2D eigenvalue weighted by Gasteiger charge is 2.20. The molecule has 20 heavy (non-hydrogen) atoms. The lowest BCUT2D eigenvalue weighted by Gasteiger charge is -2.07. The van der Waals surface area contributed by atoms with Crippen molar-refractivity contribution in [2.24, 2.45) is 10.9 Å². The van der Waals surface area contributed by atoms with E-state index < -0.39 is 4.92 Å². The quantitative estimate of drug-likeness (QED) is 0.279. The van der Waals surface area contributed by atoms with Crippen LogP contribution in [0, 0.1) is 10.1 Å². The van der Waals surface area contributed by atoms with Crippen LogP contribution in [0.4, 0.5) is 5.69 Å². The van der Waals surface area contributed by atoms with E-state index in [4.69, 9.17) is 10.9 Å². The lowest BCUT2D eigenvalue weighted by molar-refractivity contribution is -0.384. The van der Waals surface area contributed by atoms with E-state index in [1.165, 1.54) is 16.8 Å². The van der Waals surface area contributed by atoms with Crippen molar-refractivity contribution in [1.82, 2.24) is 14.5 Å². The molecule has 0 fully saturated rings. The molecule has 0 saturated carbocycles. The fourth-order valence-corrected chi connectivity index (χ4v) is 1.75. The summed E-state index contributed by atoms with van der Waals surface area (Å²) in [6, 6.07) is 1.21. The van der Waals surface area contributed by atoms with Crippen LogP contribution in [0.25, 0.3) is 5.82 Å². The number of nitrogens with zero attached hydrogens (tertiary/aromatic N) is 5. The average molecular weight is 276 g/mol. The largest absolute Gasteiger partial charge is 0.409 e. The Morgan fingerprint density at radius 2 is 2.35 bits per heavy atom. The van der Waals surface area contributed by atoms with Crippen molar-refractivity contribution in [3.8, 4) is 5.82 Å². The Morgan fingerprint density at radius 1 is 1.60 bits per heavy atom. The predicted octanol–water partition coefficient (Wildman–Crippen LogP) is 0.832. The maximum atomic E-state index is 11.2. The normalized spacial score (nSPS) is 11.6. The van der Waals surface area contributed by atoms with Gasteiger partial charge < -0.3 is 10.9 Å². The van der Waals surface area contributed by atoms with Gasteiger partial charge >= 0.3 is 5.69 Å². The SMILES string of the molecule is CCc1nccn1-c1ncc(/C(N)=N/O)cc1[N+](=O)[O-]. The van der Waals surface area contributed by atoms with Crippen LogP contribution >= 0.6 is 0 Å². The third kappa shape index (κ3) is 2.28. The molecule has 2 aromatic heterocycles. The summed E-state index contributed by atoms with van der Waals surface area (Å²) in [4.78, 5) is 18.7. The van der Waals surface area contributed by atoms with Gasteiger partial charge in [-0.3, -0.25) is 14.7 Å². The van der Waals surface area contributed by atoms with Crippen molar-refractivity contribution in [3.05, 3.63) is 46.2 Å².